The molecule has 0 bridgehead atoms. The first-order valence-electron chi connectivity index (χ1n) is 8.59. The SMILES string of the molecule is C[C@@H]([C@H](O)C1C=CC=C1)N(Cc1ccccc1)Cc1ccccc1. The quantitative estimate of drug-likeness (QED) is 0.827. The molecule has 0 saturated heterocycles. The third kappa shape index (κ3) is 4.22. The first kappa shape index (κ1) is 16.7. The Morgan fingerprint density at radius 1 is 0.833 bits per heavy atom. The summed E-state index contributed by atoms with van der Waals surface area (Å²) in [6, 6.07) is 21.0. The summed E-state index contributed by atoms with van der Waals surface area (Å²) < 4.78 is 0. The molecule has 0 heterocycles. The normalized spacial score (nSPS) is 16.6. The van der Waals surface area contributed by atoms with Crippen molar-refractivity contribution in [2.45, 2.75) is 32.2 Å². The summed E-state index contributed by atoms with van der Waals surface area (Å²) in [5.74, 6) is 0.106. The van der Waals surface area contributed by atoms with Gasteiger partial charge in [-0.05, 0) is 18.1 Å². The van der Waals surface area contributed by atoms with Crippen molar-refractivity contribution in [3.05, 3.63) is 96.1 Å². The first-order chi connectivity index (χ1) is 11.7. The summed E-state index contributed by atoms with van der Waals surface area (Å²) in [5, 5.41) is 10.8. The fourth-order valence-corrected chi connectivity index (χ4v) is 3.19. The standard InChI is InChI=1S/C22H25NO/c1-18(22(24)21-14-8-9-15-21)23(16-19-10-4-2-5-11-19)17-20-12-6-3-7-13-20/h2-15,18,21-22,24H,16-17H2,1H3/t18-,22-/m0/s1. The zero-order valence-electron chi connectivity index (χ0n) is 14.1. The number of aliphatic hydroxyl groups is 1. The second kappa shape index (κ2) is 8.09. The Labute approximate surface area is 144 Å². The summed E-state index contributed by atoms with van der Waals surface area (Å²) in [4.78, 5) is 2.36. The van der Waals surface area contributed by atoms with Crippen LogP contribution in [0.5, 0.6) is 0 Å². The Balaban J connectivity index is 1.77. The maximum absolute atomic E-state index is 10.8. The summed E-state index contributed by atoms with van der Waals surface area (Å²) in [6.07, 6.45) is 7.76. The van der Waals surface area contributed by atoms with Gasteiger partial charge in [0.15, 0.2) is 0 Å². The average molecular weight is 319 g/mol. The molecule has 0 fully saturated rings. The monoisotopic (exact) mass is 319 g/mol. The van der Waals surface area contributed by atoms with Gasteiger partial charge in [0.2, 0.25) is 0 Å². The van der Waals surface area contributed by atoms with Gasteiger partial charge in [0, 0.05) is 25.0 Å². The predicted molar refractivity (Wildman–Crippen MR) is 99.4 cm³/mol. The van der Waals surface area contributed by atoms with E-state index in [0.29, 0.717) is 0 Å². The molecule has 1 N–H and O–H groups in total. The van der Waals surface area contributed by atoms with E-state index < -0.39 is 6.10 Å². The van der Waals surface area contributed by atoms with Crippen molar-refractivity contribution >= 4 is 0 Å². The van der Waals surface area contributed by atoms with Crippen molar-refractivity contribution in [1.29, 1.82) is 0 Å². The molecule has 0 unspecified atom stereocenters. The molecule has 0 radical (unpaired) electrons. The molecule has 1 aliphatic rings. The van der Waals surface area contributed by atoms with Gasteiger partial charge in [-0.15, -0.1) is 0 Å². The van der Waals surface area contributed by atoms with E-state index in [1.165, 1.54) is 11.1 Å². The summed E-state index contributed by atoms with van der Waals surface area (Å²) in [5.41, 5.74) is 2.54. The number of benzene rings is 2. The third-order valence-electron chi connectivity index (χ3n) is 4.70. The van der Waals surface area contributed by atoms with Crippen LogP contribution >= 0.6 is 0 Å². The van der Waals surface area contributed by atoms with Gasteiger partial charge >= 0.3 is 0 Å². The summed E-state index contributed by atoms with van der Waals surface area (Å²) >= 11 is 0. The molecule has 124 valence electrons. The zero-order chi connectivity index (χ0) is 16.8. The van der Waals surface area contributed by atoms with Crippen LogP contribution in [0.25, 0.3) is 0 Å². The molecule has 0 saturated carbocycles. The van der Waals surface area contributed by atoms with Crippen molar-refractivity contribution in [2.24, 2.45) is 5.92 Å². The van der Waals surface area contributed by atoms with Crippen LogP contribution in [0.2, 0.25) is 0 Å². The van der Waals surface area contributed by atoms with Crippen LogP contribution in [-0.2, 0) is 13.1 Å². The van der Waals surface area contributed by atoms with Crippen LogP contribution in [0.1, 0.15) is 18.1 Å². The molecule has 1 aliphatic carbocycles. The van der Waals surface area contributed by atoms with Crippen LogP contribution in [-0.4, -0.2) is 22.2 Å². The second-order valence-electron chi connectivity index (χ2n) is 6.45. The van der Waals surface area contributed by atoms with E-state index in [1.807, 2.05) is 24.3 Å². The lowest BCUT2D eigenvalue weighted by Crippen LogP contribution is -2.43. The van der Waals surface area contributed by atoms with Gasteiger partial charge in [-0.1, -0.05) is 85.0 Å². The Hall–Kier alpha value is -2.16. The largest absolute Gasteiger partial charge is 0.391 e. The molecule has 3 rings (SSSR count). The van der Waals surface area contributed by atoms with Gasteiger partial charge in [-0.25, -0.2) is 0 Å². The maximum atomic E-state index is 10.8. The highest BCUT2D eigenvalue weighted by molar-refractivity contribution is 5.21. The lowest BCUT2D eigenvalue weighted by molar-refractivity contribution is 0.0342. The third-order valence-corrected chi connectivity index (χ3v) is 4.70. The molecule has 2 nitrogen and oxygen atoms in total. The molecule has 0 aromatic heterocycles. The minimum atomic E-state index is -0.410. The van der Waals surface area contributed by atoms with Gasteiger partial charge in [0.1, 0.15) is 0 Å². The van der Waals surface area contributed by atoms with Crippen LogP contribution in [0.4, 0.5) is 0 Å². The molecule has 2 aromatic rings. The van der Waals surface area contributed by atoms with E-state index in [-0.39, 0.29) is 12.0 Å². The molecular formula is C22H25NO. The number of allylic oxidation sites excluding steroid dienone is 2. The van der Waals surface area contributed by atoms with Crippen LogP contribution in [0, 0.1) is 5.92 Å². The lowest BCUT2D eigenvalue weighted by atomic mass is 9.96. The van der Waals surface area contributed by atoms with E-state index in [9.17, 15) is 5.11 Å². The molecule has 2 aromatic carbocycles. The van der Waals surface area contributed by atoms with E-state index >= 15 is 0 Å². The van der Waals surface area contributed by atoms with Gasteiger partial charge in [-0.3, -0.25) is 4.90 Å². The topological polar surface area (TPSA) is 23.5 Å². The van der Waals surface area contributed by atoms with E-state index in [1.54, 1.807) is 0 Å². The Morgan fingerprint density at radius 2 is 1.29 bits per heavy atom. The van der Waals surface area contributed by atoms with Gasteiger partial charge in [0.25, 0.3) is 0 Å². The molecule has 24 heavy (non-hydrogen) atoms. The maximum Gasteiger partial charge on any atom is 0.0790 e. The van der Waals surface area contributed by atoms with E-state index in [0.717, 1.165) is 13.1 Å². The van der Waals surface area contributed by atoms with E-state index in [4.69, 9.17) is 0 Å². The fourth-order valence-electron chi connectivity index (χ4n) is 3.19. The number of hydrogen-bond donors (Lipinski definition) is 1. The number of rotatable bonds is 7. The summed E-state index contributed by atoms with van der Waals surface area (Å²) in [7, 11) is 0. The highest BCUT2D eigenvalue weighted by Crippen LogP contribution is 2.22. The van der Waals surface area contributed by atoms with Crippen LogP contribution in [0.3, 0.4) is 0 Å². The van der Waals surface area contributed by atoms with Crippen molar-refractivity contribution in [3.63, 3.8) is 0 Å². The fraction of sp³-hybridized carbons (Fsp3) is 0.273. The molecule has 0 amide bonds. The van der Waals surface area contributed by atoms with Crippen molar-refractivity contribution in [3.8, 4) is 0 Å². The predicted octanol–water partition coefficient (Wildman–Crippen LogP) is 4.18. The van der Waals surface area contributed by atoms with Crippen LogP contribution in [0.15, 0.2) is 85.0 Å². The van der Waals surface area contributed by atoms with Crippen molar-refractivity contribution < 1.29 is 5.11 Å². The number of aliphatic hydroxyl groups excluding tert-OH is 1. The Kier molecular flexibility index (Phi) is 5.63. The highest BCUT2D eigenvalue weighted by Gasteiger charge is 2.27. The van der Waals surface area contributed by atoms with Gasteiger partial charge < -0.3 is 5.11 Å². The minimum absolute atomic E-state index is 0.0582. The molecule has 2 heteroatoms. The number of hydrogen-bond acceptors (Lipinski definition) is 2. The molecule has 0 aliphatic heterocycles. The zero-order valence-corrected chi connectivity index (χ0v) is 14.1. The van der Waals surface area contributed by atoms with Crippen molar-refractivity contribution in [2.75, 3.05) is 0 Å². The molecule has 2 atom stereocenters. The summed E-state index contributed by atoms with van der Waals surface area (Å²) in [6.45, 7) is 3.78. The minimum Gasteiger partial charge on any atom is -0.391 e. The van der Waals surface area contributed by atoms with E-state index in [2.05, 4.69) is 72.5 Å². The number of nitrogens with zero attached hydrogens (tertiary/aromatic N) is 1. The Bertz CT molecular complexity index is 624. The smallest absolute Gasteiger partial charge is 0.0790 e. The van der Waals surface area contributed by atoms with Gasteiger partial charge in [0.05, 0.1) is 6.10 Å². The van der Waals surface area contributed by atoms with Crippen LogP contribution < -0.4 is 0 Å². The average Bonchev–Trinajstić information content (AvgIpc) is 3.16. The lowest BCUT2D eigenvalue weighted by Gasteiger charge is -2.34. The second-order valence-corrected chi connectivity index (χ2v) is 6.45. The first-order valence-corrected chi connectivity index (χ1v) is 8.59. The Morgan fingerprint density at radius 3 is 1.75 bits per heavy atom. The molecular weight excluding hydrogens is 294 g/mol. The van der Waals surface area contributed by atoms with Gasteiger partial charge in [-0.2, -0.15) is 0 Å². The van der Waals surface area contributed by atoms with Crippen molar-refractivity contribution in [1.82, 2.24) is 4.90 Å². The highest BCUT2D eigenvalue weighted by atomic mass is 16.3. The molecule has 0 spiro atoms.